The number of rotatable bonds is 4. The van der Waals surface area contributed by atoms with Gasteiger partial charge in [0.2, 0.25) is 0 Å². The van der Waals surface area contributed by atoms with Gasteiger partial charge in [0.1, 0.15) is 0 Å². The summed E-state index contributed by atoms with van der Waals surface area (Å²) in [4.78, 5) is 0. The van der Waals surface area contributed by atoms with E-state index in [2.05, 4.69) is 36.0 Å². The first-order valence-electron chi connectivity index (χ1n) is 5.18. The Morgan fingerprint density at radius 1 is 1.29 bits per heavy atom. The Kier molecular flexibility index (Phi) is 3.90. The highest BCUT2D eigenvalue weighted by Crippen LogP contribution is 2.26. The highest BCUT2D eigenvalue weighted by molar-refractivity contribution is 8.00. The summed E-state index contributed by atoms with van der Waals surface area (Å²) in [6, 6.07) is 10.4. The summed E-state index contributed by atoms with van der Waals surface area (Å²) in [6.07, 6.45) is 2.70. The van der Waals surface area contributed by atoms with Crippen molar-refractivity contribution in [3.05, 3.63) is 35.9 Å². The Labute approximate surface area is 89.9 Å². The maximum atomic E-state index is 5.68. The third-order valence-corrected chi connectivity index (χ3v) is 3.81. The smallest absolute Gasteiger partial charge is 0.0717 e. The van der Waals surface area contributed by atoms with Crippen molar-refractivity contribution in [2.24, 2.45) is 0 Å². The summed E-state index contributed by atoms with van der Waals surface area (Å²) < 4.78 is 5.68. The second-order valence-corrected chi connectivity index (χ2v) is 5.04. The molecular weight excluding hydrogens is 192 g/mol. The van der Waals surface area contributed by atoms with Crippen LogP contribution in [0.5, 0.6) is 0 Å². The summed E-state index contributed by atoms with van der Waals surface area (Å²) in [7, 11) is 0. The standard InChI is InChI=1S/C12H16OS/c1-2-5-11(6-3-1)9-13-10-12-7-4-8-14-12/h1-3,5-6,12H,4,7-10H2. The average Bonchev–Trinajstić information content (AvgIpc) is 2.72. The number of thioether (sulfide) groups is 1. The van der Waals surface area contributed by atoms with Crippen LogP contribution in [0, 0.1) is 0 Å². The van der Waals surface area contributed by atoms with E-state index >= 15 is 0 Å². The molecule has 1 aromatic rings. The molecule has 1 atom stereocenters. The minimum Gasteiger partial charge on any atom is -0.376 e. The van der Waals surface area contributed by atoms with Gasteiger partial charge in [-0.15, -0.1) is 0 Å². The van der Waals surface area contributed by atoms with Gasteiger partial charge in [-0.2, -0.15) is 11.8 Å². The molecule has 0 spiro atoms. The minimum absolute atomic E-state index is 0.749. The van der Waals surface area contributed by atoms with E-state index in [0.29, 0.717) is 0 Å². The fourth-order valence-corrected chi connectivity index (χ4v) is 2.85. The van der Waals surface area contributed by atoms with Crippen molar-refractivity contribution in [1.29, 1.82) is 0 Å². The van der Waals surface area contributed by atoms with Crippen LogP contribution in [0.3, 0.4) is 0 Å². The predicted molar refractivity (Wildman–Crippen MR) is 61.6 cm³/mol. The lowest BCUT2D eigenvalue weighted by Crippen LogP contribution is -2.07. The van der Waals surface area contributed by atoms with Gasteiger partial charge in [0.05, 0.1) is 13.2 Å². The van der Waals surface area contributed by atoms with E-state index in [-0.39, 0.29) is 0 Å². The molecule has 1 nitrogen and oxygen atoms in total. The van der Waals surface area contributed by atoms with Gasteiger partial charge >= 0.3 is 0 Å². The molecule has 0 bridgehead atoms. The van der Waals surface area contributed by atoms with Gasteiger partial charge in [-0.3, -0.25) is 0 Å². The van der Waals surface area contributed by atoms with Crippen LogP contribution >= 0.6 is 11.8 Å². The van der Waals surface area contributed by atoms with Crippen LogP contribution in [0.1, 0.15) is 18.4 Å². The maximum absolute atomic E-state index is 5.68. The molecule has 1 heterocycles. The van der Waals surface area contributed by atoms with Crippen molar-refractivity contribution in [1.82, 2.24) is 0 Å². The van der Waals surface area contributed by atoms with Gasteiger partial charge < -0.3 is 4.74 Å². The first kappa shape index (κ1) is 10.1. The Balaban J connectivity index is 1.67. The summed E-state index contributed by atoms with van der Waals surface area (Å²) in [6.45, 7) is 1.68. The van der Waals surface area contributed by atoms with E-state index in [1.54, 1.807) is 0 Å². The summed E-state index contributed by atoms with van der Waals surface area (Å²) in [5.41, 5.74) is 1.27. The Hall–Kier alpha value is -0.470. The third-order valence-electron chi connectivity index (χ3n) is 2.44. The molecule has 76 valence electrons. The predicted octanol–water partition coefficient (Wildman–Crippen LogP) is 3.10. The number of ether oxygens (including phenoxy) is 1. The number of hydrogen-bond acceptors (Lipinski definition) is 2. The Bertz CT molecular complexity index is 254. The van der Waals surface area contributed by atoms with Crippen molar-refractivity contribution in [2.75, 3.05) is 12.4 Å². The van der Waals surface area contributed by atoms with Crippen LogP contribution < -0.4 is 0 Å². The van der Waals surface area contributed by atoms with Crippen molar-refractivity contribution < 1.29 is 4.74 Å². The molecule has 0 aromatic heterocycles. The quantitative estimate of drug-likeness (QED) is 0.752. The molecule has 1 aliphatic heterocycles. The molecule has 1 fully saturated rings. The van der Waals surface area contributed by atoms with Gasteiger partial charge in [0, 0.05) is 5.25 Å². The zero-order valence-corrected chi connectivity index (χ0v) is 9.13. The lowest BCUT2D eigenvalue weighted by molar-refractivity contribution is 0.121. The van der Waals surface area contributed by atoms with Gasteiger partial charge in [-0.05, 0) is 24.2 Å². The lowest BCUT2D eigenvalue weighted by Gasteiger charge is -2.09. The summed E-state index contributed by atoms with van der Waals surface area (Å²) in [5, 5.41) is 0.749. The van der Waals surface area contributed by atoms with E-state index in [1.165, 1.54) is 24.2 Å². The average molecular weight is 208 g/mol. The molecular formula is C12H16OS. The van der Waals surface area contributed by atoms with Crippen molar-refractivity contribution >= 4 is 11.8 Å². The molecule has 1 aromatic carbocycles. The van der Waals surface area contributed by atoms with Gasteiger partial charge in [-0.25, -0.2) is 0 Å². The fourth-order valence-electron chi connectivity index (χ4n) is 1.66. The third kappa shape index (κ3) is 3.03. The summed E-state index contributed by atoms with van der Waals surface area (Å²) in [5.74, 6) is 1.32. The molecule has 1 unspecified atom stereocenters. The van der Waals surface area contributed by atoms with E-state index in [1.807, 2.05) is 6.07 Å². The molecule has 2 heteroatoms. The van der Waals surface area contributed by atoms with Crippen LogP contribution in [0.2, 0.25) is 0 Å². The van der Waals surface area contributed by atoms with E-state index in [0.717, 1.165) is 18.5 Å². The lowest BCUT2D eigenvalue weighted by atomic mass is 10.2. The minimum atomic E-state index is 0.749. The van der Waals surface area contributed by atoms with E-state index in [4.69, 9.17) is 4.74 Å². The van der Waals surface area contributed by atoms with Crippen LogP contribution in [0.15, 0.2) is 30.3 Å². The first-order chi connectivity index (χ1) is 6.95. The molecule has 1 aliphatic rings. The zero-order valence-electron chi connectivity index (χ0n) is 8.32. The number of benzene rings is 1. The molecule has 0 aliphatic carbocycles. The van der Waals surface area contributed by atoms with Gasteiger partial charge in [0.15, 0.2) is 0 Å². The van der Waals surface area contributed by atoms with Crippen LogP contribution in [0.25, 0.3) is 0 Å². The Morgan fingerprint density at radius 2 is 2.14 bits per heavy atom. The zero-order chi connectivity index (χ0) is 9.64. The van der Waals surface area contributed by atoms with Crippen molar-refractivity contribution in [2.45, 2.75) is 24.7 Å². The summed E-state index contributed by atoms with van der Waals surface area (Å²) >= 11 is 2.05. The van der Waals surface area contributed by atoms with Crippen molar-refractivity contribution in [3.63, 3.8) is 0 Å². The highest BCUT2D eigenvalue weighted by Gasteiger charge is 2.15. The second-order valence-electron chi connectivity index (χ2n) is 3.64. The fraction of sp³-hybridized carbons (Fsp3) is 0.500. The van der Waals surface area contributed by atoms with Gasteiger partial charge in [0.25, 0.3) is 0 Å². The van der Waals surface area contributed by atoms with E-state index in [9.17, 15) is 0 Å². The SMILES string of the molecule is c1ccc(COCC2CCCS2)cc1. The highest BCUT2D eigenvalue weighted by atomic mass is 32.2. The molecule has 0 N–H and O–H groups in total. The van der Waals surface area contributed by atoms with Crippen molar-refractivity contribution in [3.8, 4) is 0 Å². The monoisotopic (exact) mass is 208 g/mol. The molecule has 14 heavy (non-hydrogen) atoms. The topological polar surface area (TPSA) is 9.23 Å². The van der Waals surface area contributed by atoms with E-state index < -0.39 is 0 Å². The molecule has 2 rings (SSSR count). The molecule has 0 amide bonds. The molecule has 0 saturated carbocycles. The van der Waals surface area contributed by atoms with Gasteiger partial charge in [-0.1, -0.05) is 30.3 Å². The maximum Gasteiger partial charge on any atom is 0.0717 e. The van der Waals surface area contributed by atoms with Crippen LogP contribution in [-0.2, 0) is 11.3 Å². The number of hydrogen-bond donors (Lipinski definition) is 0. The van der Waals surface area contributed by atoms with Crippen LogP contribution in [0.4, 0.5) is 0 Å². The first-order valence-corrected chi connectivity index (χ1v) is 6.23. The largest absolute Gasteiger partial charge is 0.376 e. The van der Waals surface area contributed by atoms with Crippen LogP contribution in [-0.4, -0.2) is 17.6 Å². The Morgan fingerprint density at radius 3 is 2.86 bits per heavy atom. The molecule has 1 saturated heterocycles. The molecule has 0 radical (unpaired) electrons. The normalized spacial score (nSPS) is 21.3. The second kappa shape index (κ2) is 5.42.